The molecule has 6 nitrogen and oxygen atoms in total. The molecular formula is C11H11BrN6. The average Bonchev–Trinajstić information content (AvgIpc) is 2.98. The summed E-state index contributed by atoms with van der Waals surface area (Å²) in [5.74, 6) is 0.927. The highest BCUT2D eigenvalue weighted by molar-refractivity contribution is 9.10. The highest BCUT2D eigenvalue weighted by Crippen LogP contribution is 2.09. The van der Waals surface area contributed by atoms with Gasteiger partial charge in [0.15, 0.2) is 5.65 Å². The fraction of sp³-hybridized carbons (Fsp3) is 0.182. The molecule has 0 aliphatic rings. The molecule has 3 aromatic heterocycles. The third kappa shape index (κ3) is 2.21. The van der Waals surface area contributed by atoms with Gasteiger partial charge in [0.2, 0.25) is 0 Å². The molecule has 3 rings (SSSR count). The molecule has 0 aliphatic carbocycles. The Balaban J connectivity index is 1.68. The minimum absolute atomic E-state index is 0.771. The maximum atomic E-state index is 4.21. The van der Waals surface area contributed by atoms with Crippen molar-refractivity contribution in [2.24, 2.45) is 0 Å². The molecule has 1 N–H and O–H groups in total. The quantitative estimate of drug-likeness (QED) is 0.798. The number of nitrogens with zero attached hydrogens (tertiary/aromatic N) is 5. The Bertz CT molecular complexity index is 658. The van der Waals surface area contributed by atoms with Gasteiger partial charge in [-0.3, -0.25) is 4.68 Å². The summed E-state index contributed by atoms with van der Waals surface area (Å²) in [5, 5.41) is 11.7. The minimum Gasteiger partial charge on any atom is -0.368 e. The predicted octanol–water partition coefficient (Wildman–Crippen LogP) is 1.80. The molecule has 0 bridgehead atoms. The van der Waals surface area contributed by atoms with E-state index < -0.39 is 0 Å². The van der Waals surface area contributed by atoms with Crippen molar-refractivity contribution in [1.82, 2.24) is 24.4 Å². The Morgan fingerprint density at radius 1 is 1.22 bits per heavy atom. The SMILES string of the molecule is Brc1cnn(CCNc2ccnc3ccnn23)c1. The van der Waals surface area contributed by atoms with Crippen LogP contribution < -0.4 is 5.32 Å². The van der Waals surface area contributed by atoms with E-state index in [2.05, 4.69) is 36.4 Å². The number of aromatic nitrogens is 5. The monoisotopic (exact) mass is 306 g/mol. The number of halogens is 1. The van der Waals surface area contributed by atoms with Crippen LogP contribution in [0.15, 0.2) is 41.4 Å². The zero-order valence-electron chi connectivity index (χ0n) is 9.49. The van der Waals surface area contributed by atoms with Crippen LogP contribution in [0.4, 0.5) is 5.82 Å². The second kappa shape index (κ2) is 4.77. The van der Waals surface area contributed by atoms with Crippen molar-refractivity contribution in [2.45, 2.75) is 6.54 Å². The summed E-state index contributed by atoms with van der Waals surface area (Å²) in [7, 11) is 0. The summed E-state index contributed by atoms with van der Waals surface area (Å²) in [6, 6.07) is 3.77. The van der Waals surface area contributed by atoms with Gasteiger partial charge in [-0.1, -0.05) is 0 Å². The van der Waals surface area contributed by atoms with E-state index in [0.29, 0.717) is 0 Å². The third-order valence-electron chi connectivity index (χ3n) is 2.54. The van der Waals surface area contributed by atoms with Gasteiger partial charge < -0.3 is 5.32 Å². The van der Waals surface area contributed by atoms with Crippen molar-refractivity contribution in [3.63, 3.8) is 0 Å². The van der Waals surface area contributed by atoms with Crippen LogP contribution in [-0.4, -0.2) is 30.9 Å². The summed E-state index contributed by atoms with van der Waals surface area (Å²) >= 11 is 3.37. The highest BCUT2D eigenvalue weighted by atomic mass is 79.9. The van der Waals surface area contributed by atoms with E-state index in [1.54, 1.807) is 23.1 Å². The van der Waals surface area contributed by atoms with Gasteiger partial charge in [-0.05, 0) is 22.0 Å². The van der Waals surface area contributed by atoms with Crippen LogP contribution in [0.1, 0.15) is 0 Å². The van der Waals surface area contributed by atoms with E-state index in [-0.39, 0.29) is 0 Å². The topological polar surface area (TPSA) is 60.0 Å². The normalized spacial score (nSPS) is 10.9. The van der Waals surface area contributed by atoms with Crippen LogP contribution in [-0.2, 0) is 6.54 Å². The molecule has 0 aromatic carbocycles. The number of anilines is 1. The highest BCUT2D eigenvalue weighted by Gasteiger charge is 2.01. The van der Waals surface area contributed by atoms with Gasteiger partial charge in [0, 0.05) is 25.0 Å². The number of hydrogen-bond donors (Lipinski definition) is 1. The lowest BCUT2D eigenvalue weighted by Crippen LogP contribution is -2.13. The zero-order valence-corrected chi connectivity index (χ0v) is 11.1. The van der Waals surface area contributed by atoms with E-state index in [1.807, 2.05) is 23.0 Å². The first-order valence-corrected chi connectivity index (χ1v) is 6.33. The Labute approximate surface area is 112 Å². The molecule has 0 aliphatic heterocycles. The van der Waals surface area contributed by atoms with Crippen molar-refractivity contribution >= 4 is 27.4 Å². The molecule has 0 amide bonds. The maximum absolute atomic E-state index is 4.21. The summed E-state index contributed by atoms with van der Waals surface area (Å²) < 4.78 is 4.64. The second-order valence-corrected chi connectivity index (χ2v) is 4.70. The molecule has 0 atom stereocenters. The van der Waals surface area contributed by atoms with Gasteiger partial charge in [0.25, 0.3) is 0 Å². The lowest BCUT2D eigenvalue weighted by atomic mass is 10.5. The average molecular weight is 307 g/mol. The molecule has 0 fully saturated rings. The van der Waals surface area contributed by atoms with E-state index in [0.717, 1.165) is 29.0 Å². The van der Waals surface area contributed by atoms with Crippen LogP contribution >= 0.6 is 15.9 Å². The molecule has 0 saturated heterocycles. The van der Waals surface area contributed by atoms with Crippen LogP contribution in [0.25, 0.3) is 5.65 Å². The van der Waals surface area contributed by atoms with E-state index in [4.69, 9.17) is 0 Å². The van der Waals surface area contributed by atoms with Crippen molar-refractivity contribution in [3.8, 4) is 0 Å². The van der Waals surface area contributed by atoms with Gasteiger partial charge in [0.1, 0.15) is 5.82 Å². The molecule has 0 saturated carbocycles. The van der Waals surface area contributed by atoms with Gasteiger partial charge in [0.05, 0.1) is 23.4 Å². The Morgan fingerprint density at radius 3 is 3.00 bits per heavy atom. The maximum Gasteiger partial charge on any atom is 0.157 e. The summed E-state index contributed by atoms with van der Waals surface area (Å²) in [5.41, 5.74) is 0.835. The van der Waals surface area contributed by atoms with Gasteiger partial charge >= 0.3 is 0 Å². The predicted molar refractivity (Wildman–Crippen MR) is 71.4 cm³/mol. The molecular weight excluding hydrogens is 296 g/mol. The Morgan fingerprint density at radius 2 is 2.17 bits per heavy atom. The zero-order chi connectivity index (χ0) is 12.4. The number of hydrogen-bond acceptors (Lipinski definition) is 4. The van der Waals surface area contributed by atoms with Crippen molar-refractivity contribution in [1.29, 1.82) is 0 Å². The van der Waals surface area contributed by atoms with Crippen molar-refractivity contribution in [3.05, 3.63) is 41.4 Å². The lowest BCUT2D eigenvalue weighted by molar-refractivity contribution is 0.635. The smallest absolute Gasteiger partial charge is 0.157 e. The summed E-state index contributed by atoms with van der Waals surface area (Å²) in [6.45, 7) is 1.56. The first-order valence-electron chi connectivity index (χ1n) is 5.53. The van der Waals surface area contributed by atoms with Crippen molar-refractivity contribution < 1.29 is 0 Å². The third-order valence-corrected chi connectivity index (χ3v) is 2.95. The van der Waals surface area contributed by atoms with Crippen LogP contribution in [0.5, 0.6) is 0 Å². The molecule has 0 radical (unpaired) electrons. The fourth-order valence-electron chi connectivity index (χ4n) is 1.73. The Kier molecular flexibility index (Phi) is 2.97. The molecule has 3 aromatic rings. The number of fused-ring (bicyclic) bond motifs is 1. The van der Waals surface area contributed by atoms with Crippen molar-refractivity contribution in [2.75, 3.05) is 11.9 Å². The number of nitrogens with one attached hydrogen (secondary N) is 1. The molecule has 7 heteroatoms. The second-order valence-electron chi connectivity index (χ2n) is 3.78. The lowest BCUT2D eigenvalue weighted by Gasteiger charge is -2.07. The van der Waals surface area contributed by atoms with E-state index >= 15 is 0 Å². The van der Waals surface area contributed by atoms with Gasteiger partial charge in [-0.2, -0.15) is 14.7 Å². The largest absolute Gasteiger partial charge is 0.368 e. The molecule has 3 heterocycles. The standard InChI is InChI=1S/C11H11BrN6/c12-9-7-16-17(8-9)6-5-14-10-1-3-13-11-2-4-15-18(10)11/h1-4,7-8,14H,5-6H2. The summed E-state index contributed by atoms with van der Waals surface area (Å²) in [4.78, 5) is 4.21. The minimum atomic E-state index is 0.771. The molecule has 0 spiro atoms. The number of rotatable bonds is 4. The van der Waals surface area contributed by atoms with E-state index in [1.165, 1.54) is 0 Å². The Hall–Kier alpha value is -1.89. The molecule has 18 heavy (non-hydrogen) atoms. The van der Waals surface area contributed by atoms with Crippen LogP contribution in [0.3, 0.4) is 0 Å². The van der Waals surface area contributed by atoms with Gasteiger partial charge in [-0.15, -0.1) is 0 Å². The van der Waals surface area contributed by atoms with E-state index in [9.17, 15) is 0 Å². The van der Waals surface area contributed by atoms with Gasteiger partial charge in [-0.25, -0.2) is 4.98 Å². The first-order chi connectivity index (χ1) is 8.83. The van der Waals surface area contributed by atoms with Crippen LogP contribution in [0, 0.1) is 0 Å². The summed E-state index contributed by atoms with van der Waals surface area (Å²) in [6.07, 6.45) is 7.22. The molecule has 0 unspecified atom stereocenters. The molecule has 92 valence electrons. The fourth-order valence-corrected chi connectivity index (χ4v) is 2.06. The first kappa shape index (κ1) is 11.2. The van der Waals surface area contributed by atoms with Crippen LogP contribution in [0.2, 0.25) is 0 Å².